The van der Waals surface area contributed by atoms with Crippen molar-refractivity contribution in [3.05, 3.63) is 71.8 Å². The van der Waals surface area contributed by atoms with Crippen LogP contribution in [-0.4, -0.2) is 189 Å². The maximum Gasteiger partial charge on any atom is 0.408 e. The first kappa shape index (κ1) is 75.4. The third kappa shape index (κ3) is 26.5. The number of rotatable bonds is 36. The summed E-state index contributed by atoms with van der Waals surface area (Å²) in [7, 11) is 0. The van der Waals surface area contributed by atoms with Gasteiger partial charge in [0.15, 0.2) is 5.96 Å². The number of guanidine groups is 1. The van der Waals surface area contributed by atoms with Gasteiger partial charge < -0.3 is 99.2 Å². The van der Waals surface area contributed by atoms with E-state index < -0.39 is 175 Å². The maximum atomic E-state index is 14.8. The number of hydrogen-bond donors (Lipinski definition) is 18. The first-order valence-electron chi connectivity index (χ1n) is 28.7. The minimum Gasteiger partial charge on any atom is -0.480 e. The first-order valence-corrected chi connectivity index (χ1v) is 28.7. The van der Waals surface area contributed by atoms with Crippen molar-refractivity contribution in [1.29, 1.82) is 5.41 Å². The van der Waals surface area contributed by atoms with Gasteiger partial charge in [-0.25, -0.2) is 14.4 Å². The van der Waals surface area contributed by atoms with Crippen LogP contribution in [0.1, 0.15) is 112 Å². The molecule has 31 heteroatoms. The Labute approximate surface area is 510 Å². The molecule has 31 nitrogen and oxygen atoms in total. The fourth-order valence-corrected chi connectivity index (χ4v) is 8.25. The van der Waals surface area contributed by atoms with Crippen molar-refractivity contribution in [2.24, 2.45) is 17.6 Å². The van der Waals surface area contributed by atoms with Crippen LogP contribution in [0.3, 0.4) is 0 Å². The topological polar surface area (TPSA) is 490 Å². The van der Waals surface area contributed by atoms with Crippen LogP contribution in [0.15, 0.2) is 60.7 Å². The van der Waals surface area contributed by atoms with E-state index in [1.54, 1.807) is 116 Å². The summed E-state index contributed by atoms with van der Waals surface area (Å²) >= 11 is 0. The molecule has 2 aromatic rings. The van der Waals surface area contributed by atoms with Crippen LogP contribution in [0.2, 0.25) is 0 Å². The Morgan fingerprint density at radius 3 is 1.62 bits per heavy atom. The highest BCUT2D eigenvalue weighted by atomic mass is 16.6. The molecular weight excluding hydrogens is 1150 g/mol. The van der Waals surface area contributed by atoms with Crippen LogP contribution in [0.25, 0.3) is 0 Å². The van der Waals surface area contributed by atoms with Gasteiger partial charge in [-0.1, -0.05) is 108 Å². The molecule has 88 heavy (non-hydrogen) atoms. The average Bonchev–Trinajstić information content (AvgIpc) is 3.40. The second-order valence-electron chi connectivity index (χ2n) is 22.0. The van der Waals surface area contributed by atoms with E-state index in [0.717, 1.165) is 6.92 Å². The molecule has 0 aliphatic carbocycles. The summed E-state index contributed by atoms with van der Waals surface area (Å²) < 4.78 is 11.0. The van der Waals surface area contributed by atoms with Crippen LogP contribution in [-0.2, 0) is 59.2 Å². The Kier molecular flexibility index (Phi) is 32.4. The Bertz CT molecular complexity index is 2650. The number of carboxylic acid groups (broad SMARTS) is 1. The van der Waals surface area contributed by atoms with Crippen molar-refractivity contribution in [3.63, 3.8) is 0 Å². The fraction of sp³-hybridized carbons (Fsp3) is 0.579. The Morgan fingerprint density at radius 1 is 0.580 bits per heavy atom. The third-order valence-corrected chi connectivity index (χ3v) is 13.3. The first-order chi connectivity index (χ1) is 41.4. The number of benzene rings is 2. The quantitative estimate of drug-likeness (QED) is 0.0193. The lowest BCUT2D eigenvalue weighted by Gasteiger charge is -2.33. The van der Waals surface area contributed by atoms with Gasteiger partial charge in [-0.3, -0.25) is 43.8 Å². The lowest BCUT2D eigenvalue weighted by Crippen LogP contribution is -2.63. The van der Waals surface area contributed by atoms with Gasteiger partial charge in [0.05, 0.1) is 38.0 Å². The molecule has 0 aromatic heterocycles. The highest BCUT2D eigenvalue weighted by Crippen LogP contribution is 2.21. The zero-order chi connectivity index (χ0) is 66.4. The molecule has 0 aliphatic rings. The van der Waals surface area contributed by atoms with Crippen molar-refractivity contribution in [2.75, 3.05) is 26.3 Å². The Hall–Kier alpha value is -8.68. The molecule has 19 N–H and O–H groups in total. The molecule has 2 rings (SSSR count). The number of carbonyl (C=O) groups is 11. The second kappa shape index (κ2) is 37.8. The minimum atomic E-state index is -1.86. The molecule has 12 atom stereocenters. The smallest absolute Gasteiger partial charge is 0.408 e. The molecule has 0 spiro atoms. The molecule has 10 amide bonds. The third-order valence-electron chi connectivity index (χ3n) is 13.3. The number of aliphatic hydroxyl groups excluding tert-OH is 4. The second-order valence-corrected chi connectivity index (χ2v) is 22.0. The summed E-state index contributed by atoms with van der Waals surface area (Å²) in [5.41, 5.74) is 5.35. The number of nitrogens with two attached hydrogens (primary N) is 1. The van der Waals surface area contributed by atoms with Crippen molar-refractivity contribution >= 4 is 71.4 Å². The van der Waals surface area contributed by atoms with E-state index in [2.05, 4.69) is 53.2 Å². The van der Waals surface area contributed by atoms with Crippen LogP contribution < -0.4 is 64.2 Å². The molecule has 0 saturated heterocycles. The molecule has 0 saturated carbocycles. The number of ether oxygens (including phenoxy) is 2. The summed E-state index contributed by atoms with van der Waals surface area (Å²) in [6, 6.07) is 1.86. The fourth-order valence-electron chi connectivity index (χ4n) is 8.25. The van der Waals surface area contributed by atoms with Crippen molar-refractivity contribution in [1.82, 2.24) is 58.5 Å². The molecular formula is C57H89N13O18. The van der Waals surface area contributed by atoms with E-state index in [1.165, 1.54) is 0 Å². The van der Waals surface area contributed by atoms with Crippen molar-refractivity contribution in [2.45, 2.75) is 173 Å². The predicted octanol–water partition coefficient (Wildman–Crippen LogP) is -2.37. The molecule has 0 bridgehead atoms. The highest BCUT2D eigenvalue weighted by molar-refractivity contribution is 5.98. The van der Waals surface area contributed by atoms with Gasteiger partial charge in [-0.05, 0) is 69.9 Å². The molecule has 0 heterocycles. The van der Waals surface area contributed by atoms with Gasteiger partial charge in [0.2, 0.25) is 47.3 Å². The zero-order valence-electron chi connectivity index (χ0n) is 51.0. The molecule has 0 fully saturated rings. The number of nitrogens with one attached hydrogen (secondary N) is 12. The van der Waals surface area contributed by atoms with E-state index in [1.807, 2.05) is 5.32 Å². The van der Waals surface area contributed by atoms with Gasteiger partial charge in [-0.15, -0.1) is 0 Å². The highest BCUT2D eigenvalue weighted by Gasteiger charge is 2.41. The largest absolute Gasteiger partial charge is 0.480 e. The molecule has 0 radical (unpaired) electrons. The Balaban J connectivity index is 2.50. The van der Waals surface area contributed by atoms with Gasteiger partial charge in [-0.2, -0.15) is 0 Å². The number of aliphatic hydroxyl groups is 4. The molecule has 0 aliphatic heterocycles. The molecule has 0 unspecified atom stereocenters. The van der Waals surface area contributed by atoms with Crippen LogP contribution in [0.5, 0.6) is 0 Å². The lowest BCUT2D eigenvalue weighted by molar-refractivity contribution is -0.143. The summed E-state index contributed by atoms with van der Waals surface area (Å²) in [6.45, 7) is 10.9. The normalized spacial score (nSPS) is 15.3. The van der Waals surface area contributed by atoms with E-state index >= 15 is 0 Å². The van der Waals surface area contributed by atoms with Crippen LogP contribution in [0.4, 0.5) is 9.59 Å². The van der Waals surface area contributed by atoms with Gasteiger partial charge in [0.25, 0.3) is 0 Å². The van der Waals surface area contributed by atoms with Crippen molar-refractivity contribution in [3.8, 4) is 0 Å². The summed E-state index contributed by atoms with van der Waals surface area (Å²) in [6.07, 6.45) is -5.09. The van der Waals surface area contributed by atoms with E-state index in [-0.39, 0.29) is 45.3 Å². The van der Waals surface area contributed by atoms with Crippen LogP contribution in [0, 0.1) is 17.2 Å². The number of amides is 10. The number of carbonyl (C=O) groups excluding carboxylic acids is 10. The number of carboxylic acids is 1. The zero-order valence-corrected chi connectivity index (χ0v) is 51.0. The number of hydrogen-bond acceptors (Lipinski definition) is 18. The van der Waals surface area contributed by atoms with Crippen molar-refractivity contribution < 1.29 is 87.7 Å². The average molecular weight is 1240 g/mol. The summed E-state index contributed by atoms with van der Waals surface area (Å²) in [4.78, 5) is 149. The van der Waals surface area contributed by atoms with Crippen LogP contribution >= 0.6 is 0 Å². The van der Waals surface area contributed by atoms with E-state index in [9.17, 15) is 73.2 Å². The monoisotopic (exact) mass is 1240 g/mol. The number of aliphatic carboxylic acids is 1. The van der Waals surface area contributed by atoms with E-state index in [0.29, 0.717) is 11.1 Å². The maximum absolute atomic E-state index is 14.8. The van der Waals surface area contributed by atoms with Gasteiger partial charge in [0, 0.05) is 6.54 Å². The standard InChI is InChI=1S/C57H89N13O18/c1-10-19-35(64-52(82)44(45(75)30(3)4)68-51(81)43(70-55(85)87-29-33-20-14-12-15-21-33)42(34-22-16-13-17-23-34)69-56(86)88-57(7,8)9)46(76)63-36(24-18-25-60-54(58)59)47(77)66-40(31(5)11-2)50(80)67-41(32(6)73)49(79)61-26-39(74)62-37(27-71)48(78)65-38(28-72)53(83)84/h12-17,20-23,30-32,35-38,40-45,71-73,75H,10-11,18-19,24-29H2,1-9H3,(H,61,79)(H,62,74)(H,63,76)(H,64,82)(H,65,78)(H,66,77)(H,67,80)(H,68,81)(H,69,86)(H,70,85)(H,83,84)(H4,58,59,60)/t31-,32-,35-,36+,37-,38-,40-,41-,42+,43-,44-,45+/m0/s1. The number of alkyl carbamates (subject to hydrolysis) is 2. The summed E-state index contributed by atoms with van der Waals surface area (Å²) in [5, 5.41) is 84.4. The Morgan fingerprint density at radius 2 is 1.09 bits per heavy atom. The lowest BCUT2D eigenvalue weighted by atomic mass is 9.95. The molecule has 2 aromatic carbocycles. The summed E-state index contributed by atoms with van der Waals surface area (Å²) in [5.74, 6) is -11.9. The minimum absolute atomic E-state index is 0.0266. The molecule has 490 valence electrons. The predicted molar refractivity (Wildman–Crippen MR) is 316 cm³/mol. The van der Waals surface area contributed by atoms with E-state index in [4.69, 9.17) is 25.7 Å². The van der Waals surface area contributed by atoms with Gasteiger partial charge >= 0.3 is 18.2 Å². The SMILES string of the molecule is CCC[C@H](NC(=O)[C@@H](NC(=O)[C@@H](NC(=O)OCc1ccccc1)[C@H](NC(=O)OC(C)(C)C)c1ccccc1)[C@H](O)C(C)C)C(=O)N[C@H](CCCNC(=N)N)C(=O)N[C@H](C(=O)N[C@H](C(=O)NCC(=O)N[C@@H](CO)C(=O)N[C@@H](CO)C(=O)O)[C@H](C)O)[C@@H](C)CC. The van der Waals surface area contributed by atoms with Gasteiger partial charge in [0.1, 0.15) is 60.5 Å².